The second-order valence-corrected chi connectivity index (χ2v) is 22.1. The van der Waals surface area contributed by atoms with E-state index < -0.39 is 24.5 Å². The first kappa shape index (κ1) is 56.8. The van der Waals surface area contributed by atoms with Crippen LogP contribution in [-0.4, -0.2) is 145 Å². The van der Waals surface area contributed by atoms with Crippen LogP contribution in [0.1, 0.15) is 90.1 Å². The molecule has 0 radical (unpaired) electrons. The van der Waals surface area contributed by atoms with E-state index in [1.54, 1.807) is 25.1 Å². The molecule has 0 unspecified atom stereocenters. The molecule has 0 saturated carbocycles. The van der Waals surface area contributed by atoms with E-state index in [2.05, 4.69) is 60.5 Å². The van der Waals surface area contributed by atoms with Gasteiger partial charge in [0, 0.05) is 113 Å². The summed E-state index contributed by atoms with van der Waals surface area (Å²) in [5.41, 5.74) is 7.24. The predicted octanol–water partition coefficient (Wildman–Crippen LogP) is 8.56. The number of nitrogens with one attached hydrogen (secondary N) is 2. The Morgan fingerprint density at radius 1 is 0.768 bits per heavy atom. The van der Waals surface area contributed by atoms with Crippen molar-refractivity contribution in [1.29, 1.82) is 0 Å². The summed E-state index contributed by atoms with van der Waals surface area (Å²) < 4.78 is 40.6. The molecule has 2 aromatic heterocycles. The molecule has 21 heteroatoms. The average molecular weight is 1120 g/mol. The van der Waals surface area contributed by atoms with Crippen LogP contribution in [0.2, 0.25) is 0 Å². The van der Waals surface area contributed by atoms with E-state index in [0.29, 0.717) is 101 Å². The number of fused-ring (bicyclic) bond motifs is 2. The van der Waals surface area contributed by atoms with Gasteiger partial charge in [-0.3, -0.25) is 23.9 Å². The summed E-state index contributed by atoms with van der Waals surface area (Å²) in [6, 6.07) is 30.1. The molecule has 3 amide bonds. The molecule has 0 aliphatic carbocycles. The van der Waals surface area contributed by atoms with Gasteiger partial charge in [-0.2, -0.15) is 18.2 Å². The van der Waals surface area contributed by atoms with Gasteiger partial charge in [0.05, 0.1) is 17.8 Å². The van der Waals surface area contributed by atoms with Crippen molar-refractivity contribution < 1.29 is 42.9 Å². The summed E-state index contributed by atoms with van der Waals surface area (Å²) in [7, 11) is 2.00. The Balaban J connectivity index is 0.717. The molecular weight excluding hydrogens is 1050 g/mol. The molecule has 10 rings (SSSR count). The third-order valence-corrected chi connectivity index (χ3v) is 15.8. The van der Waals surface area contributed by atoms with E-state index in [-0.39, 0.29) is 46.4 Å². The number of alkyl halides is 3. The summed E-state index contributed by atoms with van der Waals surface area (Å²) in [6.07, 6.45) is -0.909. The summed E-state index contributed by atoms with van der Waals surface area (Å²) in [6.45, 7) is 10.5. The largest absolute Gasteiger partial charge is 0.508 e. The van der Waals surface area contributed by atoms with Crippen molar-refractivity contribution in [2.75, 3.05) is 81.1 Å². The number of amides is 3. The molecule has 2 saturated heterocycles. The fourth-order valence-electron chi connectivity index (χ4n) is 11.4. The van der Waals surface area contributed by atoms with Gasteiger partial charge in [-0.15, -0.1) is 10.2 Å². The van der Waals surface area contributed by atoms with E-state index in [1.807, 2.05) is 72.4 Å². The van der Waals surface area contributed by atoms with Crippen molar-refractivity contribution in [2.45, 2.75) is 84.6 Å². The molecule has 430 valence electrons. The molecule has 3 aliphatic heterocycles. The van der Waals surface area contributed by atoms with Gasteiger partial charge in [-0.1, -0.05) is 74.5 Å². The molecule has 82 heavy (non-hydrogen) atoms. The number of piperidine rings is 1. The Morgan fingerprint density at radius 2 is 1.45 bits per heavy atom. The van der Waals surface area contributed by atoms with Crippen molar-refractivity contribution in [3.8, 4) is 34.3 Å². The fourth-order valence-corrected chi connectivity index (χ4v) is 11.4. The molecule has 5 N–H and O–H groups in total. The highest BCUT2D eigenvalue weighted by atomic mass is 19.4. The van der Waals surface area contributed by atoms with Gasteiger partial charge in [0.25, 0.3) is 5.91 Å². The van der Waals surface area contributed by atoms with E-state index in [1.165, 1.54) is 16.2 Å². The number of phenolic OH excluding ortho intramolecular Hbond substituents is 3. The summed E-state index contributed by atoms with van der Waals surface area (Å²) in [4.78, 5) is 59.5. The van der Waals surface area contributed by atoms with Crippen molar-refractivity contribution >= 4 is 45.9 Å². The average Bonchev–Trinajstić information content (AvgIpc) is 3.95. The molecule has 7 aromatic rings. The lowest BCUT2D eigenvalue weighted by molar-refractivity contribution is -0.132. The van der Waals surface area contributed by atoms with Gasteiger partial charge in [-0.05, 0) is 96.5 Å². The van der Waals surface area contributed by atoms with Crippen molar-refractivity contribution in [2.24, 2.45) is 5.92 Å². The minimum atomic E-state index is -4.66. The van der Waals surface area contributed by atoms with Crippen molar-refractivity contribution in [3.63, 3.8) is 0 Å². The molecule has 18 nitrogen and oxygen atoms in total. The number of piperazine rings is 1. The first-order valence-corrected chi connectivity index (χ1v) is 27.9. The standard InChI is InChI=1S/C61H69F3N12O6/c1-38(2)49-32-50(54(80)33-53(49)79)57-69-70-58(59(82)66-37-61(62,63)64)76(57)45-15-13-43(14-16-45)35-71(4)34-42-11-9-40(10-12-42)29-41-18-22-73(23-19-41)55(81)17-21-65-60-67-51-36-75(52-31-46(78)30-44-7-5-6-8-47(44)52)24-20-48(51)56(68-60)74-27-25-72(26-28-74)39(3)77/h5-16,30-33,38,41,78-80H,17-29,34-37H2,1-4H3,(H,66,82)(H,65,67,68). The SMILES string of the molecule is CC(=O)N1CCN(c2nc(NCCC(=O)N3CCC(Cc4ccc(CN(C)Cc5ccc(-n6c(C(=O)NCC(F)(F)F)nnc6-c6cc(C(C)C)c(O)cc6O)cc5)cc4)CC3)nc3c2CCN(c2cc(O)cc4ccccc24)C3)CC1. The maximum Gasteiger partial charge on any atom is 0.405 e. The monoisotopic (exact) mass is 1120 g/mol. The molecule has 3 aliphatic rings. The van der Waals surface area contributed by atoms with Crippen LogP contribution in [0.15, 0.2) is 97.1 Å². The van der Waals surface area contributed by atoms with Gasteiger partial charge in [0.1, 0.15) is 29.6 Å². The topological polar surface area (TPSA) is 209 Å². The van der Waals surface area contributed by atoms with Gasteiger partial charge in [0.2, 0.25) is 23.6 Å². The number of likely N-dealkylation sites (tertiary alicyclic amines) is 1. The third kappa shape index (κ3) is 13.1. The highest BCUT2D eigenvalue weighted by Gasteiger charge is 2.32. The number of halogens is 3. The molecular formula is C61H69F3N12O6. The van der Waals surface area contributed by atoms with Crippen LogP contribution in [-0.2, 0) is 42.1 Å². The zero-order valence-corrected chi connectivity index (χ0v) is 46.6. The van der Waals surface area contributed by atoms with Crippen LogP contribution >= 0.6 is 0 Å². The van der Waals surface area contributed by atoms with Gasteiger partial charge in [0.15, 0.2) is 5.82 Å². The fraction of sp³-hybridized carbons (Fsp3) is 0.393. The maximum absolute atomic E-state index is 13.6. The van der Waals surface area contributed by atoms with Crippen LogP contribution < -0.4 is 20.4 Å². The number of phenols is 3. The normalized spacial score (nSPS) is 15.1. The van der Waals surface area contributed by atoms with Crippen molar-refractivity contribution in [3.05, 3.63) is 136 Å². The number of hydrogen-bond acceptors (Lipinski definition) is 14. The highest BCUT2D eigenvalue weighted by Crippen LogP contribution is 2.40. The number of benzene rings is 5. The Morgan fingerprint density at radius 3 is 2.13 bits per heavy atom. The minimum absolute atomic E-state index is 0.00740. The second-order valence-electron chi connectivity index (χ2n) is 22.1. The maximum atomic E-state index is 13.6. The van der Waals surface area contributed by atoms with E-state index >= 15 is 0 Å². The summed E-state index contributed by atoms with van der Waals surface area (Å²) in [5.74, 6) is 0.00953. The Labute approximate surface area is 474 Å². The minimum Gasteiger partial charge on any atom is -0.508 e. The molecule has 5 heterocycles. The quantitative estimate of drug-likeness (QED) is 0.0579. The lowest BCUT2D eigenvalue weighted by atomic mass is 9.90. The second kappa shape index (κ2) is 24.3. The first-order chi connectivity index (χ1) is 39.3. The van der Waals surface area contributed by atoms with Crippen LogP contribution in [0.5, 0.6) is 17.2 Å². The van der Waals surface area contributed by atoms with E-state index in [4.69, 9.17) is 9.97 Å². The molecule has 0 bridgehead atoms. The molecule has 5 aromatic carbocycles. The van der Waals surface area contributed by atoms with Crippen LogP contribution in [0.4, 0.5) is 30.6 Å². The van der Waals surface area contributed by atoms with Crippen molar-refractivity contribution in [1.82, 2.24) is 44.7 Å². The van der Waals surface area contributed by atoms with Crippen LogP contribution in [0.25, 0.3) is 27.8 Å². The number of aromatic hydroxyl groups is 3. The third-order valence-electron chi connectivity index (χ3n) is 15.8. The van der Waals surface area contributed by atoms with E-state index in [0.717, 1.165) is 76.5 Å². The van der Waals surface area contributed by atoms with Gasteiger partial charge < -0.3 is 45.6 Å². The summed E-state index contributed by atoms with van der Waals surface area (Å²) >= 11 is 0. The number of carbonyl (C=O) groups is 3. The van der Waals surface area contributed by atoms with E-state index in [9.17, 15) is 42.9 Å². The number of carbonyl (C=O) groups excluding carboxylic acids is 3. The molecule has 2 fully saturated rings. The first-order valence-electron chi connectivity index (χ1n) is 27.9. The number of rotatable bonds is 17. The number of nitrogens with zero attached hydrogens (tertiary/aromatic N) is 10. The Kier molecular flexibility index (Phi) is 16.8. The Hall–Kier alpha value is -8.46. The Bertz CT molecular complexity index is 3450. The van der Waals surface area contributed by atoms with Gasteiger partial charge in [-0.25, -0.2) is 4.98 Å². The highest BCUT2D eigenvalue weighted by molar-refractivity contribution is 5.96. The smallest absolute Gasteiger partial charge is 0.405 e. The van der Waals surface area contributed by atoms with Gasteiger partial charge >= 0.3 is 6.18 Å². The number of hydrogen-bond donors (Lipinski definition) is 5. The lowest BCUT2D eigenvalue weighted by Crippen LogP contribution is -2.49. The zero-order valence-electron chi connectivity index (χ0n) is 46.6. The molecule has 0 atom stereocenters. The lowest BCUT2D eigenvalue weighted by Gasteiger charge is -2.38. The number of anilines is 3. The molecule has 0 spiro atoms. The predicted molar refractivity (Wildman–Crippen MR) is 307 cm³/mol. The number of aromatic nitrogens is 5. The zero-order chi connectivity index (χ0) is 57.8. The summed E-state index contributed by atoms with van der Waals surface area (Å²) in [5, 5.41) is 47.4. The van der Waals surface area contributed by atoms with Crippen LogP contribution in [0, 0.1) is 5.92 Å². The van der Waals surface area contributed by atoms with Crippen LogP contribution in [0.3, 0.4) is 0 Å².